The molecule has 0 spiro atoms. The Balaban J connectivity index is 2.03. The molecule has 0 aliphatic heterocycles. The van der Waals surface area contributed by atoms with Crippen molar-refractivity contribution >= 4 is 5.91 Å². The van der Waals surface area contributed by atoms with Crippen molar-refractivity contribution in [2.75, 3.05) is 27.9 Å². The fraction of sp³-hybridized carbons (Fsp3) is 0.350. The molecule has 5 nitrogen and oxygen atoms in total. The van der Waals surface area contributed by atoms with Crippen molar-refractivity contribution in [3.63, 3.8) is 0 Å². The predicted molar refractivity (Wildman–Crippen MR) is 97.7 cm³/mol. The zero-order chi connectivity index (χ0) is 18.2. The summed E-state index contributed by atoms with van der Waals surface area (Å²) in [6, 6.07) is 13.7. The number of carbonyl (C=O) groups is 1. The van der Waals surface area contributed by atoms with Gasteiger partial charge >= 0.3 is 0 Å². The lowest BCUT2D eigenvalue weighted by Gasteiger charge is -2.16. The Bertz CT molecular complexity index is 700. The molecule has 0 saturated carbocycles. The van der Waals surface area contributed by atoms with Gasteiger partial charge in [0, 0.05) is 12.1 Å². The van der Waals surface area contributed by atoms with Gasteiger partial charge in [0.15, 0.2) is 11.5 Å². The van der Waals surface area contributed by atoms with E-state index in [9.17, 15) is 4.79 Å². The van der Waals surface area contributed by atoms with Crippen LogP contribution in [0.5, 0.6) is 17.2 Å². The third-order valence-corrected chi connectivity index (χ3v) is 4.11. The van der Waals surface area contributed by atoms with Crippen LogP contribution >= 0.6 is 0 Å². The molecule has 0 aromatic heterocycles. The SMILES string of the molecule is COc1ccc(CC(=O)NC[C@H](C)c2ccccc2)c(OC)c1OC. The molecule has 2 rings (SSSR count). The monoisotopic (exact) mass is 343 g/mol. The maximum atomic E-state index is 12.3. The van der Waals surface area contributed by atoms with E-state index in [1.807, 2.05) is 24.3 Å². The number of hydrogen-bond donors (Lipinski definition) is 1. The second kappa shape index (κ2) is 8.97. The van der Waals surface area contributed by atoms with Crippen molar-refractivity contribution < 1.29 is 19.0 Å². The van der Waals surface area contributed by atoms with Gasteiger partial charge in [-0.2, -0.15) is 0 Å². The number of benzene rings is 2. The first-order chi connectivity index (χ1) is 12.1. The van der Waals surface area contributed by atoms with Crippen molar-refractivity contribution in [1.29, 1.82) is 0 Å². The highest BCUT2D eigenvalue weighted by Crippen LogP contribution is 2.39. The van der Waals surface area contributed by atoms with Crippen LogP contribution in [0, 0.1) is 0 Å². The van der Waals surface area contributed by atoms with Crippen molar-refractivity contribution in [2.24, 2.45) is 0 Å². The van der Waals surface area contributed by atoms with E-state index in [0.717, 1.165) is 5.56 Å². The molecule has 0 unspecified atom stereocenters. The van der Waals surface area contributed by atoms with Crippen molar-refractivity contribution in [1.82, 2.24) is 5.32 Å². The van der Waals surface area contributed by atoms with E-state index < -0.39 is 0 Å². The first-order valence-electron chi connectivity index (χ1n) is 8.20. The van der Waals surface area contributed by atoms with E-state index in [0.29, 0.717) is 23.8 Å². The van der Waals surface area contributed by atoms with Gasteiger partial charge in [-0.15, -0.1) is 0 Å². The lowest BCUT2D eigenvalue weighted by atomic mass is 10.0. The van der Waals surface area contributed by atoms with Gasteiger partial charge in [-0.25, -0.2) is 0 Å². The maximum absolute atomic E-state index is 12.3. The molecule has 0 bridgehead atoms. The summed E-state index contributed by atoms with van der Waals surface area (Å²) in [7, 11) is 4.66. The summed E-state index contributed by atoms with van der Waals surface area (Å²) in [4.78, 5) is 12.3. The van der Waals surface area contributed by atoms with Crippen molar-refractivity contribution in [2.45, 2.75) is 19.3 Å². The molecule has 1 amide bonds. The van der Waals surface area contributed by atoms with Crippen LogP contribution in [0.15, 0.2) is 42.5 Å². The van der Waals surface area contributed by atoms with Gasteiger partial charge in [0.25, 0.3) is 0 Å². The number of methoxy groups -OCH3 is 3. The Hall–Kier alpha value is -2.69. The van der Waals surface area contributed by atoms with Gasteiger partial charge in [0.1, 0.15) is 0 Å². The number of carbonyl (C=O) groups excluding carboxylic acids is 1. The summed E-state index contributed by atoms with van der Waals surface area (Å²) < 4.78 is 16.0. The molecular weight excluding hydrogens is 318 g/mol. The van der Waals surface area contributed by atoms with E-state index in [2.05, 4.69) is 24.4 Å². The summed E-state index contributed by atoms with van der Waals surface area (Å²) in [6.07, 6.45) is 0.213. The predicted octanol–water partition coefficient (Wildman–Crippen LogP) is 3.17. The van der Waals surface area contributed by atoms with Crippen LogP contribution in [0.3, 0.4) is 0 Å². The van der Waals surface area contributed by atoms with E-state index in [-0.39, 0.29) is 18.2 Å². The molecule has 25 heavy (non-hydrogen) atoms. The van der Waals surface area contributed by atoms with Gasteiger partial charge in [-0.05, 0) is 17.5 Å². The molecule has 2 aromatic carbocycles. The Morgan fingerprint density at radius 3 is 2.24 bits per heavy atom. The fourth-order valence-electron chi connectivity index (χ4n) is 2.70. The molecule has 0 saturated heterocycles. The number of nitrogens with one attached hydrogen (secondary N) is 1. The highest BCUT2D eigenvalue weighted by Gasteiger charge is 2.18. The van der Waals surface area contributed by atoms with E-state index >= 15 is 0 Å². The molecule has 134 valence electrons. The number of amides is 1. The molecule has 0 radical (unpaired) electrons. The van der Waals surface area contributed by atoms with Crippen LogP contribution in [-0.4, -0.2) is 33.8 Å². The van der Waals surface area contributed by atoms with Gasteiger partial charge in [-0.1, -0.05) is 43.3 Å². The van der Waals surface area contributed by atoms with Crippen molar-refractivity contribution in [3.05, 3.63) is 53.6 Å². The van der Waals surface area contributed by atoms with Gasteiger partial charge < -0.3 is 19.5 Å². The molecule has 5 heteroatoms. The third kappa shape index (κ3) is 4.66. The van der Waals surface area contributed by atoms with E-state index in [4.69, 9.17) is 14.2 Å². The quantitative estimate of drug-likeness (QED) is 0.800. The van der Waals surface area contributed by atoms with Crippen LogP contribution in [-0.2, 0) is 11.2 Å². The molecule has 0 aliphatic rings. The highest BCUT2D eigenvalue weighted by atomic mass is 16.5. The first-order valence-corrected chi connectivity index (χ1v) is 8.20. The fourth-order valence-corrected chi connectivity index (χ4v) is 2.70. The Morgan fingerprint density at radius 1 is 0.960 bits per heavy atom. The summed E-state index contributed by atoms with van der Waals surface area (Å²) in [5, 5.41) is 2.98. The Labute approximate surface area is 148 Å². The molecule has 1 atom stereocenters. The summed E-state index contributed by atoms with van der Waals surface area (Å²) in [5.41, 5.74) is 1.96. The molecule has 0 aliphatic carbocycles. The van der Waals surface area contributed by atoms with Crippen LogP contribution < -0.4 is 19.5 Å². The average Bonchev–Trinajstić information content (AvgIpc) is 2.66. The Morgan fingerprint density at radius 2 is 1.64 bits per heavy atom. The van der Waals surface area contributed by atoms with Crippen LogP contribution in [0.25, 0.3) is 0 Å². The van der Waals surface area contributed by atoms with Crippen LogP contribution in [0.4, 0.5) is 0 Å². The highest BCUT2D eigenvalue weighted by molar-refractivity contribution is 5.80. The number of rotatable bonds is 8. The zero-order valence-electron chi connectivity index (χ0n) is 15.2. The smallest absolute Gasteiger partial charge is 0.224 e. The van der Waals surface area contributed by atoms with E-state index in [1.165, 1.54) is 5.56 Å². The minimum absolute atomic E-state index is 0.0618. The van der Waals surface area contributed by atoms with Gasteiger partial charge in [0.2, 0.25) is 11.7 Å². The average molecular weight is 343 g/mol. The first kappa shape index (κ1) is 18.6. The summed E-state index contributed by atoms with van der Waals surface area (Å²) in [5.74, 6) is 1.77. The molecule has 0 heterocycles. The number of ether oxygens (including phenoxy) is 3. The molecule has 0 fully saturated rings. The second-order valence-corrected chi connectivity index (χ2v) is 5.79. The molecule has 1 N–H and O–H groups in total. The van der Waals surface area contributed by atoms with E-state index in [1.54, 1.807) is 27.4 Å². The second-order valence-electron chi connectivity index (χ2n) is 5.79. The van der Waals surface area contributed by atoms with Crippen LogP contribution in [0.2, 0.25) is 0 Å². The van der Waals surface area contributed by atoms with Crippen molar-refractivity contribution in [3.8, 4) is 17.2 Å². The molecule has 2 aromatic rings. The topological polar surface area (TPSA) is 56.8 Å². The lowest BCUT2D eigenvalue weighted by Crippen LogP contribution is -2.29. The zero-order valence-corrected chi connectivity index (χ0v) is 15.2. The summed E-state index contributed by atoms with van der Waals surface area (Å²) in [6.45, 7) is 2.67. The lowest BCUT2D eigenvalue weighted by molar-refractivity contribution is -0.120. The Kier molecular flexibility index (Phi) is 6.69. The minimum atomic E-state index is -0.0618. The molecular formula is C20H25NO4. The minimum Gasteiger partial charge on any atom is -0.493 e. The summed E-state index contributed by atoms with van der Waals surface area (Å²) >= 11 is 0. The third-order valence-electron chi connectivity index (χ3n) is 4.11. The largest absolute Gasteiger partial charge is 0.493 e. The standard InChI is InChI=1S/C20H25NO4/c1-14(15-8-6-5-7-9-15)13-21-18(22)12-16-10-11-17(23-2)20(25-4)19(16)24-3/h5-11,14H,12-13H2,1-4H3,(H,21,22)/t14-/m0/s1. The number of hydrogen-bond acceptors (Lipinski definition) is 4. The van der Waals surface area contributed by atoms with Gasteiger partial charge in [-0.3, -0.25) is 4.79 Å². The van der Waals surface area contributed by atoms with Gasteiger partial charge in [0.05, 0.1) is 27.8 Å². The maximum Gasteiger partial charge on any atom is 0.224 e. The van der Waals surface area contributed by atoms with Crippen LogP contribution in [0.1, 0.15) is 24.0 Å². The normalized spacial score (nSPS) is 11.5.